The Bertz CT molecular complexity index is 5730. The molecule has 0 aliphatic heterocycles. The van der Waals surface area contributed by atoms with Gasteiger partial charge in [0.05, 0.1) is 68.3 Å². The third-order valence-electron chi connectivity index (χ3n) is 18.2. The lowest BCUT2D eigenvalue weighted by Gasteiger charge is -2.23. The third-order valence-corrected chi connectivity index (χ3v) is 20.0. The maximum Gasteiger partial charge on any atom is 0.277 e. The molecule has 0 fully saturated rings. The molecule has 12 aromatic heterocycles. The molecule has 106 heavy (non-hydrogen) atoms. The molecule has 0 aromatic carbocycles. The Morgan fingerprint density at radius 3 is 1.35 bits per heavy atom. The average Bonchev–Trinajstić information content (AvgIpc) is 0.775. The van der Waals surface area contributed by atoms with Gasteiger partial charge in [-0.25, -0.2) is 24.3 Å². The third kappa shape index (κ3) is 15.0. The van der Waals surface area contributed by atoms with Crippen molar-refractivity contribution in [2.75, 3.05) is 0 Å². The Balaban J connectivity index is 0.826. The summed E-state index contributed by atoms with van der Waals surface area (Å²) in [6.07, 6.45) is 14.2. The summed E-state index contributed by atoms with van der Waals surface area (Å²) in [5.41, 5.74) is 8.95. The summed E-state index contributed by atoms with van der Waals surface area (Å²) < 4.78 is 38.3. The lowest BCUT2D eigenvalue weighted by Crippen LogP contribution is -2.23. The molecule has 26 heteroatoms. The maximum absolute atomic E-state index is 14.8. The van der Waals surface area contributed by atoms with Crippen molar-refractivity contribution in [1.82, 2.24) is 63.5 Å². The van der Waals surface area contributed by atoms with E-state index in [0.29, 0.717) is 141 Å². The second-order valence-corrected chi connectivity index (χ2v) is 29.7. The lowest BCUT2D eigenvalue weighted by atomic mass is 9.92. The van der Waals surface area contributed by atoms with Gasteiger partial charge in [0.25, 0.3) is 16.7 Å². The van der Waals surface area contributed by atoms with Crippen molar-refractivity contribution in [1.29, 1.82) is 0 Å². The minimum absolute atomic E-state index is 0.0264. The number of hydrogen-bond donors (Lipinski definition) is 3. The molecule has 0 spiro atoms. The first-order valence-corrected chi connectivity index (χ1v) is 35.6. The molecule has 3 N–H and O–H groups in total. The number of hydrogen-bond acceptors (Lipinski definition) is 19. The van der Waals surface area contributed by atoms with E-state index in [1.165, 1.54) is 27.6 Å². The van der Waals surface area contributed by atoms with Gasteiger partial charge in [0, 0.05) is 119 Å². The van der Waals surface area contributed by atoms with Crippen molar-refractivity contribution in [2.45, 2.75) is 140 Å². The van der Waals surface area contributed by atoms with E-state index < -0.39 is 33.7 Å². The summed E-state index contributed by atoms with van der Waals surface area (Å²) in [7, 11) is 0. The van der Waals surface area contributed by atoms with Crippen LogP contribution < -0.4 is 30.9 Å². The normalized spacial score (nSPS) is 11.9. The number of ether oxygens (including phenoxy) is 3. The summed E-state index contributed by atoms with van der Waals surface area (Å²) in [4.78, 5) is 90.4. The Morgan fingerprint density at radius 1 is 0.434 bits per heavy atom. The fourth-order valence-electron chi connectivity index (χ4n) is 12.4. The van der Waals surface area contributed by atoms with Crippen LogP contribution in [0.2, 0.25) is 5.02 Å². The Morgan fingerprint density at radius 2 is 0.849 bits per heavy atom. The largest absolute Gasteiger partial charge is 0.487 e. The molecular formula is C80H75Br2ClFN13O9. The van der Waals surface area contributed by atoms with Crippen LogP contribution in [0.1, 0.15) is 126 Å². The molecule has 12 heterocycles. The fraction of sp³-hybridized carbons (Fsp3) is 0.263. The molecule has 22 nitrogen and oxygen atoms in total. The van der Waals surface area contributed by atoms with Crippen molar-refractivity contribution in [3.8, 4) is 90.9 Å². The summed E-state index contributed by atoms with van der Waals surface area (Å²) in [6.45, 7) is 25.9. The van der Waals surface area contributed by atoms with Gasteiger partial charge in [-0.05, 0) is 223 Å². The molecule has 0 atom stereocenters. The molecule has 0 bridgehead atoms. The average molecular weight is 1580 g/mol. The van der Waals surface area contributed by atoms with Gasteiger partial charge in [0.15, 0.2) is 5.82 Å². The summed E-state index contributed by atoms with van der Waals surface area (Å²) in [5, 5.41) is 33.8. The van der Waals surface area contributed by atoms with Crippen molar-refractivity contribution < 1.29 is 33.9 Å². The quantitative estimate of drug-likeness (QED) is 0.0639. The summed E-state index contributed by atoms with van der Waals surface area (Å²) >= 11 is 14.1. The Hall–Kier alpha value is -10.4. The standard InChI is InChI=1S/C80H75Br2ClFN13O9/c1-40-16-17-65(78(10,11)101)91-70(40)56-28-59(41(2)31-88-56)95-44(5)24-62(67(81)74(95)98)104-37-49-34-85-21-18-52(49)54-27-66(79(12,13)102)92-72(47(54)8)57-29-61(43(4)33-89-57)97-46(7)26-64(69(83)76(97)100)106-38-50-35-86-22-19-53(50)71-48(9)73(94-77(93-71)80(14,15)103)58-30-60(42(3)32-90-58)96-45(6)25-63(68(82)75(96)99)105-39-51-36-87-23-20-55(51)84/h16-36,101-103H,37-39H2,1-15H3. The van der Waals surface area contributed by atoms with Gasteiger partial charge in [0.2, 0.25) is 0 Å². The highest BCUT2D eigenvalue weighted by atomic mass is 79.9. The van der Waals surface area contributed by atoms with Gasteiger partial charge in [-0.3, -0.25) is 58.0 Å². The van der Waals surface area contributed by atoms with Gasteiger partial charge in [-0.1, -0.05) is 17.7 Å². The van der Waals surface area contributed by atoms with Gasteiger partial charge < -0.3 is 29.5 Å². The zero-order valence-electron chi connectivity index (χ0n) is 60.9. The van der Waals surface area contributed by atoms with E-state index in [1.807, 2.05) is 72.7 Å². The van der Waals surface area contributed by atoms with Crippen LogP contribution in [0.4, 0.5) is 4.39 Å². The number of nitrogens with zero attached hydrogens (tertiary/aromatic N) is 13. The van der Waals surface area contributed by atoms with Crippen LogP contribution in [-0.2, 0) is 36.6 Å². The smallest absolute Gasteiger partial charge is 0.277 e. The Labute approximate surface area is 632 Å². The predicted octanol–water partition coefficient (Wildman–Crippen LogP) is 14.9. The van der Waals surface area contributed by atoms with E-state index in [9.17, 15) is 34.1 Å². The molecule has 0 aliphatic carbocycles. The maximum atomic E-state index is 14.8. The molecule has 0 saturated carbocycles. The number of aliphatic hydroxyl groups is 3. The van der Waals surface area contributed by atoms with Gasteiger partial charge in [-0.15, -0.1) is 0 Å². The number of pyridine rings is 11. The minimum atomic E-state index is -1.55. The van der Waals surface area contributed by atoms with E-state index in [1.54, 1.807) is 146 Å². The molecular weight excluding hydrogens is 1500 g/mol. The zero-order valence-corrected chi connectivity index (χ0v) is 64.8. The molecule has 12 aromatic rings. The highest BCUT2D eigenvalue weighted by Crippen LogP contribution is 2.40. The second kappa shape index (κ2) is 29.5. The second-order valence-electron chi connectivity index (χ2n) is 27.7. The van der Waals surface area contributed by atoms with Crippen molar-refractivity contribution >= 4 is 43.5 Å². The zero-order chi connectivity index (χ0) is 76.3. The van der Waals surface area contributed by atoms with Crippen molar-refractivity contribution in [2.24, 2.45) is 0 Å². The topological polar surface area (TPSA) is 283 Å². The van der Waals surface area contributed by atoms with Crippen molar-refractivity contribution in [3.63, 3.8) is 0 Å². The molecule has 0 saturated heterocycles. The summed E-state index contributed by atoms with van der Waals surface area (Å²) in [6, 6.07) is 20.8. The first kappa shape index (κ1) is 75.3. The first-order valence-electron chi connectivity index (χ1n) is 33.7. The van der Waals surface area contributed by atoms with Crippen LogP contribution in [0.3, 0.4) is 0 Å². The van der Waals surface area contributed by atoms with Gasteiger partial charge >= 0.3 is 0 Å². The van der Waals surface area contributed by atoms with Crippen LogP contribution in [0.25, 0.3) is 73.6 Å². The van der Waals surface area contributed by atoms with Crippen LogP contribution in [0.5, 0.6) is 17.2 Å². The number of rotatable bonds is 20. The molecule has 0 radical (unpaired) electrons. The number of halogens is 4. The Kier molecular flexibility index (Phi) is 20.9. The predicted molar refractivity (Wildman–Crippen MR) is 409 cm³/mol. The van der Waals surface area contributed by atoms with E-state index in [2.05, 4.69) is 51.8 Å². The van der Waals surface area contributed by atoms with E-state index >= 15 is 0 Å². The number of aromatic nitrogens is 13. The lowest BCUT2D eigenvalue weighted by molar-refractivity contribution is 0.0688. The minimum Gasteiger partial charge on any atom is -0.487 e. The number of aryl methyl sites for hydroxylation is 7. The summed E-state index contributed by atoms with van der Waals surface area (Å²) in [5.74, 6) is 0.190. The fourth-order valence-corrected chi connectivity index (χ4v) is 13.4. The van der Waals surface area contributed by atoms with Crippen LogP contribution in [0.15, 0.2) is 152 Å². The van der Waals surface area contributed by atoms with Crippen LogP contribution in [0, 0.1) is 68.1 Å². The van der Waals surface area contributed by atoms with E-state index in [-0.39, 0.29) is 62.2 Å². The monoisotopic (exact) mass is 1570 g/mol. The van der Waals surface area contributed by atoms with Crippen LogP contribution >= 0.6 is 43.5 Å². The molecule has 12 rings (SSSR count). The van der Waals surface area contributed by atoms with Gasteiger partial charge in [0.1, 0.15) is 73.7 Å². The molecule has 0 unspecified atom stereocenters. The molecule has 0 aliphatic rings. The molecule has 0 amide bonds. The molecule has 542 valence electrons. The SMILES string of the molecule is Cc1cnc(-c2nc(C(C)(C)O)cc(-c3ccncc3COc3cc(C)n(-c4cc(-c5nc(C(C)(C)O)ccc5C)ncc4C)c(=O)c3Br)c2C)cc1-n1c(C)cc(OCc2cnccc2-c2nc(C(C)(C)O)nc(-c3cc(-n4c(C)cc(OCc5cnccc5F)c(Br)c4=O)c(C)cn3)c2C)c(Cl)c1=O. The van der Waals surface area contributed by atoms with Crippen molar-refractivity contribution in [3.05, 3.63) is 264 Å². The van der Waals surface area contributed by atoms with Gasteiger partial charge in [-0.2, -0.15) is 0 Å². The van der Waals surface area contributed by atoms with Crippen LogP contribution in [-0.4, -0.2) is 78.9 Å². The highest BCUT2D eigenvalue weighted by Gasteiger charge is 2.30. The first-order chi connectivity index (χ1) is 50.1. The highest BCUT2D eigenvalue weighted by molar-refractivity contribution is 9.10. The van der Waals surface area contributed by atoms with E-state index in [4.69, 9.17) is 55.7 Å². The van der Waals surface area contributed by atoms with E-state index in [0.717, 1.165) is 11.1 Å².